The van der Waals surface area contributed by atoms with Crippen LogP contribution in [0, 0.1) is 0 Å². The van der Waals surface area contributed by atoms with Gasteiger partial charge in [0.05, 0.1) is 23.9 Å². The van der Waals surface area contributed by atoms with Crippen LogP contribution >= 0.6 is 0 Å². The van der Waals surface area contributed by atoms with E-state index in [1.807, 2.05) is 36.9 Å². The molecule has 0 bridgehead atoms. The van der Waals surface area contributed by atoms with E-state index in [2.05, 4.69) is 10.3 Å². The van der Waals surface area contributed by atoms with E-state index in [0.29, 0.717) is 13.1 Å². The Morgan fingerprint density at radius 1 is 1.50 bits per heavy atom. The molecular formula is C13H18N4O. The van der Waals surface area contributed by atoms with Crippen molar-refractivity contribution in [3.8, 4) is 0 Å². The molecule has 0 aliphatic heterocycles. The highest BCUT2D eigenvalue weighted by Gasteiger charge is 2.09. The zero-order valence-electron chi connectivity index (χ0n) is 11.0. The summed E-state index contributed by atoms with van der Waals surface area (Å²) < 4.78 is 1.98. The van der Waals surface area contributed by atoms with Gasteiger partial charge in [-0.25, -0.2) is 4.98 Å². The molecule has 2 aromatic rings. The summed E-state index contributed by atoms with van der Waals surface area (Å²) in [4.78, 5) is 17.7. The first-order chi connectivity index (χ1) is 8.61. The molecule has 0 aliphatic rings. The van der Waals surface area contributed by atoms with Crippen molar-refractivity contribution in [3.63, 3.8) is 0 Å². The van der Waals surface area contributed by atoms with E-state index in [0.717, 1.165) is 16.6 Å². The fourth-order valence-electron chi connectivity index (χ4n) is 1.93. The van der Waals surface area contributed by atoms with Crippen LogP contribution in [-0.4, -0.2) is 41.0 Å². The molecule has 0 saturated carbocycles. The second-order valence-electron chi connectivity index (χ2n) is 4.46. The smallest absolute Gasteiger partial charge is 0.236 e. The number of nitrogens with zero attached hydrogens (tertiary/aromatic N) is 3. The summed E-state index contributed by atoms with van der Waals surface area (Å²) in [6, 6.07) is 6.10. The predicted molar refractivity (Wildman–Crippen MR) is 71.1 cm³/mol. The van der Waals surface area contributed by atoms with Gasteiger partial charge in [-0.05, 0) is 24.7 Å². The first kappa shape index (κ1) is 12.6. The number of nitrogens with one attached hydrogen (secondary N) is 1. The third-order valence-electron chi connectivity index (χ3n) is 2.96. The Balaban J connectivity index is 2.14. The van der Waals surface area contributed by atoms with Crippen LogP contribution in [0.3, 0.4) is 0 Å². The Bertz CT molecular complexity index is 561. The minimum absolute atomic E-state index is 0.0821. The maximum atomic E-state index is 11.7. The van der Waals surface area contributed by atoms with Gasteiger partial charge < -0.3 is 14.8 Å². The molecule has 5 heteroatoms. The topological polar surface area (TPSA) is 50.2 Å². The van der Waals surface area contributed by atoms with Gasteiger partial charge in [0.1, 0.15) is 0 Å². The van der Waals surface area contributed by atoms with Gasteiger partial charge in [-0.2, -0.15) is 0 Å². The molecule has 0 unspecified atom stereocenters. The highest BCUT2D eigenvalue weighted by atomic mass is 16.2. The third kappa shape index (κ3) is 2.51. The minimum atomic E-state index is 0.0821. The Kier molecular flexibility index (Phi) is 3.62. The van der Waals surface area contributed by atoms with Crippen LogP contribution in [0.25, 0.3) is 11.0 Å². The van der Waals surface area contributed by atoms with Crippen molar-refractivity contribution in [2.75, 3.05) is 20.6 Å². The Hall–Kier alpha value is -1.88. The number of hydrogen-bond acceptors (Lipinski definition) is 3. The number of carbonyl (C=O) groups is 1. The van der Waals surface area contributed by atoms with Gasteiger partial charge in [0.25, 0.3) is 0 Å². The fraction of sp³-hybridized carbons (Fsp3) is 0.385. The first-order valence-corrected chi connectivity index (χ1v) is 5.90. The van der Waals surface area contributed by atoms with Gasteiger partial charge in [-0.15, -0.1) is 0 Å². The molecule has 2 rings (SSSR count). The molecule has 0 fully saturated rings. The van der Waals surface area contributed by atoms with E-state index < -0.39 is 0 Å². The number of rotatable bonds is 4. The van der Waals surface area contributed by atoms with Crippen molar-refractivity contribution in [2.24, 2.45) is 7.05 Å². The lowest BCUT2D eigenvalue weighted by Gasteiger charge is -2.17. The molecule has 0 aliphatic carbocycles. The van der Waals surface area contributed by atoms with E-state index in [4.69, 9.17) is 0 Å². The number of hydrogen-bond donors (Lipinski definition) is 1. The average molecular weight is 246 g/mol. The van der Waals surface area contributed by atoms with Crippen molar-refractivity contribution in [1.82, 2.24) is 19.8 Å². The summed E-state index contributed by atoms with van der Waals surface area (Å²) in [5.74, 6) is 0.0821. The molecular weight excluding hydrogens is 228 g/mol. The maximum Gasteiger partial charge on any atom is 0.236 e. The van der Waals surface area contributed by atoms with Crippen molar-refractivity contribution in [3.05, 3.63) is 30.1 Å². The summed E-state index contributed by atoms with van der Waals surface area (Å²) in [6.45, 7) is 0.968. The van der Waals surface area contributed by atoms with E-state index in [1.165, 1.54) is 0 Å². The van der Waals surface area contributed by atoms with Crippen LogP contribution in [0.2, 0.25) is 0 Å². The number of aryl methyl sites for hydroxylation is 1. The molecule has 0 saturated heterocycles. The molecule has 1 N–H and O–H groups in total. The zero-order chi connectivity index (χ0) is 13.1. The van der Waals surface area contributed by atoms with Crippen LogP contribution in [0.5, 0.6) is 0 Å². The van der Waals surface area contributed by atoms with Gasteiger partial charge in [0, 0.05) is 20.6 Å². The highest BCUT2D eigenvalue weighted by Crippen LogP contribution is 2.14. The van der Waals surface area contributed by atoms with Crippen molar-refractivity contribution < 1.29 is 4.79 Å². The fourth-order valence-corrected chi connectivity index (χ4v) is 1.93. The van der Waals surface area contributed by atoms with Gasteiger partial charge in [-0.1, -0.05) is 6.07 Å². The van der Waals surface area contributed by atoms with Gasteiger partial charge in [0.15, 0.2) is 0 Å². The number of imidazole rings is 1. The number of likely N-dealkylation sites (N-methyl/N-ethyl adjacent to an activating group) is 2. The summed E-state index contributed by atoms with van der Waals surface area (Å²) in [7, 11) is 5.55. The lowest BCUT2D eigenvalue weighted by molar-refractivity contribution is -0.129. The molecule has 0 atom stereocenters. The predicted octanol–water partition coefficient (Wildman–Crippen LogP) is 0.751. The van der Waals surface area contributed by atoms with Crippen LogP contribution in [0.4, 0.5) is 0 Å². The molecule has 0 radical (unpaired) electrons. The SMILES string of the molecule is CNCC(=O)N(C)Cc1ccc2c(c1)ncn2C. The molecule has 1 heterocycles. The molecule has 5 nitrogen and oxygen atoms in total. The summed E-state index contributed by atoms with van der Waals surface area (Å²) >= 11 is 0. The minimum Gasteiger partial charge on any atom is -0.340 e. The largest absolute Gasteiger partial charge is 0.340 e. The standard InChI is InChI=1S/C13H18N4O/c1-14-7-13(18)16(2)8-10-4-5-12-11(6-10)15-9-17(12)3/h4-6,9,14H,7-8H2,1-3H3. The number of carbonyl (C=O) groups excluding carboxylic acids is 1. The van der Waals surface area contributed by atoms with E-state index >= 15 is 0 Å². The molecule has 1 aromatic heterocycles. The molecule has 96 valence electrons. The second kappa shape index (κ2) is 5.18. The number of benzene rings is 1. The van der Waals surface area contributed by atoms with Crippen LogP contribution < -0.4 is 5.32 Å². The number of amides is 1. The first-order valence-electron chi connectivity index (χ1n) is 5.90. The lowest BCUT2D eigenvalue weighted by Crippen LogP contribution is -2.33. The monoisotopic (exact) mass is 246 g/mol. The molecule has 1 aromatic carbocycles. The van der Waals surface area contributed by atoms with E-state index in [-0.39, 0.29) is 5.91 Å². The maximum absolute atomic E-state index is 11.7. The molecule has 18 heavy (non-hydrogen) atoms. The average Bonchev–Trinajstić information content (AvgIpc) is 2.71. The number of fused-ring (bicyclic) bond motifs is 1. The Morgan fingerprint density at radius 3 is 3.00 bits per heavy atom. The summed E-state index contributed by atoms with van der Waals surface area (Å²) in [5.41, 5.74) is 3.15. The van der Waals surface area contributed by atoms with Crippen molar-refractivity contribution in [2.45, 2.75) is 6.54 Å². The zero-order valence-corrected chi connectivity index (χ0v) is 11.0. The van der Waals surface area contributed by atoms with Gasteiger partial charge in [0.2, 0.25) is 5.91 Å². The molecule has 1 amide bonds. The summed E-state index contributed by atoms with van der Waals surface area (Å²) in [6.07, 6.45) is 1.80. The Morgan fingerprint density at radius 2 is 2.28 bits per heavy atom. The van der Waals surface area contributed by atoms with Crippen LogP contribution in [0.1, 0.15) is 5.56 Å². The van der Waals surface area contributed by atoms with Crippen molar-refractivity contribution >= 4 is 16.9 Å². The van der Waals surface area contributed by atoms with E-state index in [9.17, 15) is 4.79 Å². The normalized spacial score (nSPS) is 10.8. The highest BCUT2D eigenvalue weighted by molar-refractivity contribution is 5.78. The Labute approximate surface area is 106 Å². The second-order valence-corrected chi connectivity index (χ2v) is 4.46. The summed E-state index contributed by atoms with van der Waals surface area (Å²) in [5, 5.41) is 2.86. The van der Waals surface area contributed by atoms with Crippen molar-refractivity contribution in [1.29, 1.82) is 0 Å². The number of aromatic nitrogens is 2. The molecule has 0 spiro atoms. The van der Waals surface area contributed by atoms with Gasteiger partial charge >= 0.3 is 0 Å². The van der Waals surface area contributed by atoms with Crippen LogP contribution in [0.15, 0.2) is 24.5 Å². The van der Waals surface area contributed by atoms with Gasteiger partial charge in [-0.3, -0.25) is 4.79 Å². The quantitative estimate of drug-likeness (QED) is 0.866. The van der Waals surface area contributed by atoms with Crippen LogP contribution in [-0.2, 0) is 18.4 Å². The third-order valence-corrected chi connectivity index (χ3v) is 2.96. The lowest BCUT2D eigenvalue weighted by atomic mass is 10.2. The van der Waals surface area contributed by atoms with E-state index in [1.54, 1.807) is 18.3 Å².